The highest BCUT2D eigenvalue weighted by Crippen LogP contribution is 2.24. The quantitative estimate of drug-likeness (QED) is 0.740. The van der Waals surface area contributed by atoms with Gasteiger partial charge < -0.3 is 9.30 Å². The number of aryl methyl sites for hydroxylation is 2. The molecule has 124 valence electrons. The van der Waals surface area contributed by atoms with E-state index in [2.05, 4.69) is 51.3 Å². The number of para-hydroxylation sites is 1. The van der Waals surface area contributed by atoms with Crippen LogP contribution in [0.15, 0.2) is 36.7 Å². The fourth-order valence-corrected chi connectivity index (χ4v) is 3.35. The molecule has 0 N–H and O–H groups in total. The van der Waals surface area contributed by atoms with E-state index in [0.29, 0.717) is 6.61 Å². The van der Waals surface area contributed by atoms with Gasteiger partial charge in [0.1, 0.15) is 12.4 Å². The molecule has 6 nitrogen and oxygen atoms in total. The first-order valence-electron chi connectivity index (χ1n) is 8.24. The topological polar surface area (TPSA) is 56.1 Å². The Morgan fingerprint density at radius 1 is 1.29 bits per heavy atom. The molecule has 1 aromatic carbocycles. The second-order valence-corrected chi connectivity index (χ2v) is 6.33. The summed E-state index contributed by atoms with van der Waals surface area (Å²) in [7, 11) is 1.96. The van der Waals surface area contributed by atoms with Gasteiger partial charge in [-0.05, 0) is 24.6 Å². The van der Waals surface area contributed by atoms with Crippen molar-refractivity contribution in [1.82, 2.24) is 24.6 Å². The zero-order chi connectivity index (χ0) is 16.5. The molecule has 1 fully saturated rings. The van der Waals surface area contributed by atoms with Crippen molar-refractivity contribution in [2.45, 2.75) is 19.6 Å². The van der Waals surface area contributed by atoms with Gasteiger partial charge in [-0.25, -0.2) is 0 Å². The van der Waals surface area contributed by atoms with Crippen LogP contribution in [-0.4, -0.2) is 44.3 Å². The molecule has 1 aliphatic heterocycles. The van der Waals surface area contributed by atoms with Crippen molar-refractivity contribution in [3.63, 3.8) is 0 Å². The van der Waals surface area contributed by atoms with Crippen LogP contribution in [-0.2, 0) is 18.3 Å². The molecule has 1 aliphatic rings. The lowest BCUT2D eigenvalue weighted by atomic mass is 10.1. The molecule has 0 bridgehead atoms. The lowest BCUT2D eigenvalue weighted by molar-refractivity contribution is -0.0384. The maximum absolute atomic E-state index is 5.90. The van der Waals surface area contributed by atoms with E-state index in [0.717, 1.165) is 36.7 Å². The maximum atomic E-state index is 5.90. The van der Waals surface area contributed by atoms with E-state index in [1.807, 2.05) is 17.7 Å². The lowest BCUT2D eigenvalue weighted by Crippen LogP contribution is -2.38. The molecule has 0 radical (unpaired) electrons. The van der Waals surface area contributed by atoms with Crippen molar-refractivity contribution in [2.24, 2.45) is 7.05 Å². The van der Waals surface area contributed by atoms with Gasteiger partial charge in [0, 0.05) is 37.8 Å². The van der Waals surface area contributed by atoms with E-state index in [-0.39, 0.29) is 6.10 Å². The van der Waals surface area contributed by atoms with Gasteiger partial charge in [-0.3, -0.25) is 9.88 Å². The maximum Gasteiger partial charge on any atom is 0.163 e. The molecule has 0 aliphatic carbocycles. The second kappa shape index (κ2) is 6.30. The highest BCUT2D eigenvalue weighted by molar-refractivity contribution is 5.82. The van der Waals surface area contributed by atoms with Crippen LogP contribution in [0.25, 0.3) is 10.9 Å². The van der Waals surface area contributed by atoms with Crippen molar-refractivity contribution < 1.29 is 4.74 Å². The van der Waals surface area contributed by atoms with E-state index in [1.165, 1.54) is 10.9 Å². The Hall–Kier alpha value is -2.31. The van der Waals surface area contributed by atoms with Crippen LogP contribution in [0.2, 0.25) is 0 Å². The van der Waals surface area contributed by atoms with E-state index in [9.17, 15) is 0 Å². The minimum absolute atomic E-state index is 0.0274. The van der Waals surface area contributed by atoms with Gasteiger partial charge in [0.2, 0.25) is 0 Å². The summed E-state index contributed by atoms with van der Waals surface area (Å²) < 4.78 is 7.84. The number of rotatable bonds is 3. The number of aromatic nitrogens is 4. The zero-order valence-corrected chi connectivity index (χ0v) is 14.0. The third-order valence-electron chi connectivity index (χ3n) is 4.51. The lowest BCUT2D eigenvalue weighted by Gasteiger charge is -2.32. The molecule has 1 saturated heterocycles. The molecule has 0 spiro atoms. The number of pyridine rings is 1. The summed E-state index contributed by atoms with van der Waals surface area (Å²) in [5, 5.41) is 9.39. The molecule has 4 rings (SSSR count). The predicted molar refractivity (Wildman–Crippen MR) is 91.5 cm³/mol. The number of nitrogens with zero attached hydrogens (tertiary/aromatic N) is 5. The summed E-state index contributed by atoms with van der Waals surface area (Å²) in [5.41, 5.74) is 3.43. The Morgan fingerprint density at radius 2 is 2.17 bits per heavy atom. The molecule has 1 atom stereocenters. The van der Waals surface area contributed by atoms with Gasteiger partial charge in [-0.2, -0.15) is 0 Å². The number of ether oxygens (including phenoxy) is 1. The van der Waals surface area contributed by atoms with Crippen molar-refractivity contribution in [1.29, 1.82) is 0 Å². The average molecular weight is 323 g/mol. The van der Waals surface area contributed by atoms with Gasteiger partial charge >= 0.3 is 0 Å². The van der Waals surface area contributed by atoms with Crippen LogP contribution >= 0.6 is 0 Å². The van der Waals surface area contributed by atoms with Gasteiger partial charge in [0.25, 0.3) is 0 Å². The number of morpholine rings is 1. The SMILES string of the molecule is Cc1cc(CN2CCO[C@@H](c3nncn3C)C2)c2ccccc2n1. The van der Waals surface area contributed by atoms with Gasteiger partial charge in [0.15, 0.2) is 5.82 Å². The van der Waals surface area contributed by atoms with E-state index < -0.39 is 0 Å². The van der Waals surface area contributed by atoms with Crippen LogP contribution in [0, 0.1) is 6.92 Å². The zero-order valence-electron chi connectivity index (χ0n) is 14.0. The minimum atomic E-state index is -0.0274. The second-order valence-electron chi connectivity index (χ2n) is 6.33. The Morgan fingerprint density at radius 3 is 3.00 bits per heavy atom. The highest BCUT2D eigenvalue weighted by Gasteiger charge is 2.25. The fraction of sp³-hybridized carbons (Fsp3) is 0.389. The summed E-state index contributed by atoms with van der Waals surface area (Å²) >= 11 is 0. The summed E-state index contributed by atoms with van der Waals surface area (Å²) in [4.78, 5) is 7.05. The van der Waals surface area contributed by atoms with Gasteiger partial charge in [-0.1, -0.05) is 18.2 Å². The molecule has 24 heavy (non-hydrogen) atoms. The molecular weight excluding hydrogens is 302 g/mol. The number of benzene rings is 1. The van der Waals surface area contributed by atoms with E-state index >= 15 is 0 Å². The molecule has 6 heteroatoms. The Kier molecular flexibility index (Phi) is 4.00. The van der Waals surface area contributed by atoms with Crippen LogP contribution in [0.4, 0.5) is 0 Å². The van der Waals surface area contributed by atoms with Crippen molar-refractivity contribution in [3.8, 4) is 0 Å². The molecule has 3 heterocycles. The number of fused-ring (bicyclic) bond motifs is 1. The predicted octanol–water partition coefficient (Wildman–Crippen LogP) is 2.25. The summed E-state index contributed by atoms with van der Waals surface area (Å²) in [6, 6.07) is 10.5. The molecule has 2 aromatic heterocycles. The van der Waals surface area contributed by atoms with Crippen molar-refractivity contribution >= 4 is 10.9 Å². The first-order chi connectivity index (χ1) is 11.7. The smallest absolute Gasteiger partial charge is 0.163 e. The van der Waals surface area contributed by atoms with E-state index in [4.69, 9.17) is 4.74 Å². The fourth-order valence-electron chi connectivity index (χ4n) is 3.35. The Balaban J connectivity index is 1.58. The summed E-state index contributed by atoms with van der Waals surface area (Å²) in [6.45, 7) is 5.39. The van der Waals surface area contributed by atoms with Crippen molar-refractivity contribution in [2.75, 3.05) is 19.7 Å². The number of hydrogen-bond donors (Lipinski definition) is 0. The minimum Gasteiger partial charge on any atom is -0.368 e. The number of hydrogen-bond acceptors (Lipinski definition) is 5. The molecule has 0 amide bonds. The van der Waals surface area contributed by atoms with Crippen LogP contribution in [0.5, 0.6) is 0 Å². The van der Waals surface area contributed by atoms with E-state index in [1.54, 1.807) is 6.33 Å². The van der Waals surface area contributed by atoms with Crippen LogP contribution < -0.4 is 0 Å². The average Bonchev–Trinajstić information content (AvgIpc) is 3.01. The first kappa shape index (κ1) is 15.2. The Bertz CT molecular complexity index is 859. The highest BCUT2D eigenvalue weighted by atomic mass is 16.5. The third kappa shape index (κ3) is 2.90. The van der Waals surface area contributed by atoms with Crippen LogP contribution in [0.1, 0.15) is 23.2 Å². The van der Waals surface area contributed by atoms with Gasteiger partial charge in [-0.15, -0.1) is 10.2 Å². The van der Waals surface area contributed by atoms with Crippen LogP contribution in [0.3, 0.4) is 0 Å². The standard InChI is InChI=1S/C18H21N5O/c1-13-9-14(15-5-3-4-6-16(15)20-13)10-23-7-8-24-17(11-23)18-21-19-12-22(18)2/h3-6,9,12,17H,7-8,10-11H2,1-2H3/t17-/m1/s1. The molecule has 0 unspecified atom stereocenters. The summed E-state index contributed by atoms with van der Waals surface area (Å²) in [5.74, 6) is 0.885. The van der Waals surface area contributed by atoms with Gasteiger partial charge in [0.05, 0.1) is 12.1 Å². The largest absolute Gasteiger partial charge is 0.368 e. The molecule has 0 saturated carbocycles. The normalized spacial score (nSPS) is 19.0. The molecular formula is C18H21N5O. The molecule has 3 aromatic rings. The Labute approximate surface area is 141 Å². The first-order valence-corrected chi connectivity index (χ1v) is 8.24. The third-order valence-corrected chi connectivity index (χ3v) is 4.51. The summed E-state index contributed by atoms with van der Waals surface area (Å²) in [6.07, 6.45) is 1.69. The van der Waals surface area contributed by atoms with Crippen molar-refractivity contribution in [3.05, 3.63) is 53.7 Å². The monoisotopic (exact) mass is 323 g/mol.